The Morgan fingerprint density at radius 3 is 2.43 bits per heavy atom. The van der Waals surface area contributed by atoms with Gasteiger partial charge in [0.1, 0.15) is 23.3 Å². The van der Waals surface area contributed by atoms with Gasteiger partial charge in [-0.1, -0.05) is 0 Å². The van der Waals surface area contributed by atoms with Crippen LogP contribution >= 0.6 is 0 Å². The summed E-state index contributed by atoms with van der Waals surface area (Å²) in [5, 5.41) is 3.14. The monoisotopic (exact) mass is 286 g/mol. The number of hydrogen-bond donors (Lipinski definition) is 1. The van der Waals surface area contributed by atoms with Crippen LogP contribution < -0.4 is 10.2 Å². The van der Waals surface area contributed by atoms with E-state index in [0.29, 0.717) is 5.92 Å². The molecule has 0 atom stereocenters. The predicted octanol–water partition coefficient (Wildman–Crippen LogP) is 3.61. The van der Waals surface area contributed by atoms with Crippen LogP contribution in [0, 0.1) is 12.7 Å². The Kier molecular flexibility index (Phi) is 3.49. The van der Waals surface area contributed by atoms with Gasteiger partial charge in [-0.3, -0.25) is 0 Å². The first kappa shape index (κ1) is 13.8. The van der Waals surface area contributed by atoms with Crippen LogP contribution in [0.5, 0.6) is 0 Å². The maximum atomic E-state index is 13.1. The van der Waals surface area contributed by atoms with Gasteiger partial charge in [-0.15, -0.1) is 0 Å². The Hall–Kier alpha value is -2.17. The zero-order chi connectivity index (χ0) is 15.0. The second-order valence-corrected chi connectivity index (χ2v) is 5.44. The molecule has 1 saturated carbocycles. The maximum absolute atomic E-state index is 13.1. The van der Waals surface area contributed by atoms with E-state index in [9.17, 15) is 4.39 Å². The summed E-state index contributed by atoms with van der Waals surface area (Å²) in [6.07, 6.45) is 2.32. The minimum atomic E-state index is -0.235. The highest BCUT2D eigenvalue weighted by molar-refractivity contribution is 5.66. The van der Waals surface area contributed by atoms with Crippen molar-refractivity contribution < 1.29 is 4.39 Å². The molecule has 0 bridgehead atoms. The van der Waals surface area contributed by atoms with Crippen molar-refractivity contribution in [1.29, 1.82) is 0 Å². The standard InChI is InChI=1S/C16H19FN4/c1-10-14(18-2)19-15(11-4-5-11)20-16(10)21(3)13-8-6-12(17)7-9-13/h6-9,11H,4-5H2,1-3H3,(H,18,19,20). The Balaban J connectivity index is 2.03. The van der Waals surface area contributed by atoms with E-state index in [1.165, 1.54) is 12.1 Å². The van der Waals surface area contributed by atoms with Crippen LogP contribution in [0.25, 0.3) is 0 Å². The van der Waals surface area contributed by atoms with Crippen LogP contribution in [0.2, 0.25) is 0 Å². The van der Waals surface area contributed by atoms with Gasteiger partial charge < -0.3 is 10.2 Å². The third-order valence-electron chi connectivity index (χ3n) is 3.85. The van der Waals surface area contributed by atoms with Crippen LogP contribution in [-0.4, -0.2) is 24.1 Å². The number of halogens is 1. The fourth-order valence-corrected chi connectivity index (χ4v) is 2.40. The van der Waals surface area contributed by atoms with Crippen molar-refractivity contribution >= 4 is 17.3 Å². The molecule has 1 aromatic carbocycles. The molecule has 1 aliphatic carbocycles. The zero-order valence-corrected chi connectivity index (χ0v) is 12.5. The Bertz CT molecular complexity index is 650. The third-order valence-corrected chi connectivity index (χ3v) is 3.85. The lowest BCUT2D eigenvalue weighted by atomic mass is 10.2. The van der Waals surface area contributed by atoms with Gasteiger partial charge in [-0.25, -0.2) is 14.4 Å². The van der Waals surface area contributed by atoms with Gasteiger partial charge in [0.15, 0.2) is 0 Å². The second-order valence-electron chi connectivity index (χ2n) is 5.44. The van der Waals surface area contributed by atoms with Crippen LogP contribution in [0.4, 0.5) is 21.7 Å². The molecule has 1 heterocycles. The van der Waals surface area contributed by atoms with Crippen LogP contribution in [0.3, 0.4) is 0 Å². The van der Waals surface area contributed by atoms with Gasteiger partial charge in [-0.05, 0) is 44.0 Å². The van der Waals surface area contributed by atoms with Gasteiger partial charge in [-0.2, -0.15) is 0 Å². The number of benzene rings is 1. The SMILES string of the molecule is CNc1nc(C2CC2)nc(N(C)c2ccc(F)cc2)c1C. The molecule has 2 aromatic rings. The number of hydrogen-bond acceptors (Lipinski definition) is 4. The Labute approximate surface area is 124 Å². The van der Waals surface area contributed by atoms with Crippen molar-refractivity contribution in [3.63, 3.8) is 0 Å². The molecule has 1 N–H and O–H groups in total. The van der Waals surface area contributed by atoms with E-state index in [0.717, 1.165) is 41.6 Å². The van der Waals surface area contributed by atoms with E-state index in [2.05, 4.69) is 10.3 Å². The fraction of sp³-hybridized carbons (Fsp3) is 0.375. The molecule has 1 fully saturated rings. The highest BCUT2D eigenvalue weighted by atomic mass is 19.1. The summed E-state index contributed by atoms with van der Waals surface area (Å²) in [4.78, 5) is 11.3. The molecule has 5 heteroatoms. The van der Waals surface area contributed by atoms with Gasteiger partial charge in [0.05, 0.1) is 0 Å². The van der Waals surface area contributed by atoms with Crippen molar-refractivity contribution in [1.82, 2.24) is 9.97 Å². The van der Waals surface area contributed by atoms with E-state index >= 15 is 0 Å². The molecule has 110 valence electrons. The minimum Gasteiger partial charge on any atom is -0.373 e. The Morgan fingerprint density at radius 1 is 1.19 bits per heavy atom. The normalized spacial score (nSPS) is 14.1. The number of nitrogens with one attached hydrogen (secondary N) is 1. The minimum absolute atomic E-state index is 0.235. The second kappa shape index (κ2) is 5.31. The lowest BCUT2D eigenvalue weighted by molar-refractivity contribution is 0.628. The highest BCUT2D eigenvalue weighted by Gasteiger charge is 2.28. The van der Waals surface area contributed by atoms with Gasteiger partial charge >= 0.3 is 0 Å². The number of aromatic nitrogens is 2. The van der Waals surface area contributed by atoms with Crippen LogP contribution in [0.15, 0.2) is 24.3 Å². The van der Waals surface area contributed by atoms with Crippen molar-refractivity contribution in [3.8, 4) is 0 Å². The summed E-state index contributed by atoms with van der Waals surface area (Å²) < 4.78 is 13.1. The topological polar surface area (TPSA) is 41.1 Å². The molecule has 0 amide bonds. The van der Waals surface area contributed by atoms with Gasteiger partial charge in [0.2, 0.25) is 0 Å². The van der Waals surface area contributed by atoms with E-state index in [1.807, 2.05) is 25.9 Å². The van der Waals surface area contributed by atoms with Crippen molar-refractivity contribution in [2.24, 2.45) is 0 Å². The summed E-state index contributed by atoms with van der Waals surface area (Å²) in [5.41, 5.74) is 1.90. The molecule has 0 saturated heterocycles. The van der Waals surface area contributed by atoms with E-state index in [1.54, 1.807) is 12.1 Å². The van der Waals surface area contributed by atoms with Gasteiger partial charge in [0.25, 0.3) is 0 Å². The van der Waals surface area contributed by atoms with E-state index < -0.39 is 0 Å². The summed E-state index contributed by atoms with van der Waals surface area (Å²) in [6, 6.07) is 6.44. The summed E-state index contributed by atoms with van der Waals surface area (Å²) in [6.45, 7) is 2.00. The molecule has 0 unspecified atom stereocenters. The number of rotatable bonds is 4. The number of anilines is 3. The molecule has 0 aliphatic heterocycles. The zero-order valence-electron chi connectivity index (χ0n) is 12.5. The molecule has 0 radical (unpaired) electrons. The lowest BCUT2D eigenvalue weighted by Crippen LogP contribution is -2.16. The first-order valence-electron chi connectivity index (χ1n) is 7.15. The first-order valence-corrected chi connectivity index (χ1v) is 7.15. The maximum Gasteiger partial charge on any atom is 0.141 e. The Morgan fingerprint density at radius 2 is 1.86 bits per heavy atom. The predicted molar refractivity (Wildman–Crippen MR) is 82.8 cm³/mol. The van der Waals surface area contributed by atoms with Crippen LogP contribution in [0.1, 0.15) is 30.1 Å². The first-order chi connectivity index (χ1) is 10.1. The van der Waals surface area contributed by atoms with Crippen LogP contribution in [-0.2, 0) is 0 Å². The van der Waals surface area contributed by atoms with Crippen molar-refractivity contribution in [2.75, 3.05) is 24.3 Å². The molecule has 3 rings (SSSR count). The summed E-state index contributed by atoms with van der Waals surface area (Å²) >= 11 is 0. The molecule has 4 nitrogen and oxygen atoms in total. The summed E-state index contributed by atoms with van der Waals surface area (Å²) in [5.74, 6) is 2.87. The summed E-state index contributed by atoms with van der Waals surface area (Å²) in [7, 11) is 3.81. The van der Waals surface area contributed by atoms with Crippen molar-refractivity contribution in [2.45, 2.75) is 25.7 Å². The number of nitrogens with zero attached hydrogens (tertiary/aromatic N) is 3. The quantitative estimate of drug-likeness (QED) is 0.932. The average Bonchev–Trinajstić information content (AvgIpc) is 3.32. The smallest absolute Gasteiger partial charge is 0.141 e. The van der Waals surface area contributed by atoms with E-state index in [-0.39, 0.29) is 5.82 Å². The fourth-order valence-electron chi connectivity index (χ4n) is 2.40. The molecule has 1 aromatic heterocycles. The van der Waals surface area contributed by atoms with Gasteiger partial charge in [0, 0.05) is 31.3 Å². The molecule has 21 heavy (non-hydrogen) atoms. The molecular formula is C16H19FN4. The molecule has 0 spiro atoms. The van der Waals surface area contributed by atoms with Crippen molar-refractivity contribution in [3.05, 3.63) is 41.5 Å². The third kappa shape index (κ3) is 2.68. The lowest BCUT2D eigenvalue weighted by Gasteiger charge is -2.22. The average molecular weight is 286 g/mol. The highest BCUT2D eigenvalue weighted by Crippen LogP contribution is 2.40. The largest absolute Gasteiger partial charge is 0.373 e. The molecule has 1 aliphatic rings. The molecular weight excluding hydrogens is 267 g/mol. The van der Waals surface area contributed by atoms with E-state index in [4.69, 9.17) is 4.98 Å².